The predicted octanol–water partition coefficient (Wildman–Crippen LogP) is 5.32. The van der Waals surface area contributed by atoms with E-state index in [-0.39, 0.29) is 5.52 Å². The molecule has 0 bridgehead atoms. The average Bonchev–Trinajstić information content (AvgIpc) is 2.68. The van der Waals surface area contributed by atoms with Crippen LogP contribution in [0.15, 0.2) is 30.3 Å². The van der Waals surface area contributed by atoms with Crippen molar-refractivity contribution in [2.75, 3.05) is 33.0 Å². The zero-order valence-corrected chi connectivity index (χ0v) is 19.8. The van der Waals surface area contributed by atoms with Crippen molar-refractivity contribution in [1.82, 2.24) is 0 Å². The normalized spacial score (nSPS) is 11.9. The molecule has 0 N–H and O–H groups in total. The zero-order chi connectivity index (χ0) is 22.1. The van der Waals surface area contributed by atoms with E-state index in [0.29, 0.717) is 44.5 Å². The minimum atomic E-state index is -1.61. The molecule has 0 radical (unpaired) electrons. The summed E-state index contributed by atoms with van der Waals surface area (Å²) < 4.78 is 23.1. The number of hydrogen-bond donors (Lipinski definition) is 0. The number of benzene rings is 2. The molecule has 1 atom stereocenters. The van der Waals surface area contributed by atoms with Gasteiger partial charge in [-0.05, 0) is 64.8 Å². The highest BCUT2D eigenvalue weighted by Gasteiger charge is 2.29. The summed E-state index contributed by atoms with van der Waals surface area (Å²) in [6, 6.07) is 9.67. The van der Waals surface area contributed by atoms with Gasteiger partial charge in [0.15, 0.2) is 0 Å². The lowest BCUT2D eigenvalue weighted by Crippen LogP contribution is -2.18. The number of aryl methyl sites for hydroxylation is 3. The Balaban J connectivity index is 2.48. The van der Waals surface area contributed by atoms with Crippen LogP contribution in [0.1, 0.15) is 47.8 Å². The van der Waals surface area contributed by atoms with Gasteiger partial charge in [0.2, 0.25) is 5.52 Å². The number of ether oxygens (including phenoxy) is 3. The van der Waals surface area contributed by atoms with Crippen molar-refractivity contribution in [2.24, 2.45) is 0 Å². The summed E-state index contributed by atoms with van der Waals surface area (Å²) in [7, 11) is -1.61. The molecule has 0 saturated heterocycles. The van der Waals surface area contributed by atoms with E-state index in [1.54, 1.807) is 0 Å². The van der Waals surface area contributed by atoms with Gasteiger partial charge in [0.25, 0.3) is 0 Å². The summed E-state index contributed by atoms with van der Waals surface area (Å²) in [5, 5.41) is 0.760. The fourth-order valence-corrected chi connectivity index (χ4v) is 5.21. The van der Waals surface area contributed by atoms with E-state index in [9.17, 15) is 4.79 Å². The molecule has 0 aliphatic heterocycles. The van der Waals surface area contributed by atoms with Crippen LogP contribution in [0.2, 0.25) is 0 Å². The van der Waals surface area contributed by atoms with Crippen molar-refractivity contribution < 1.29 is 23.5 Å². The average molecular weight is 432 g/mol. The maximum Gasteiger partial charge on any atom is 0.216 e. The van der Waals surface area contributed by atoms with E-state index in [0.717, 1.165) is 27.6 Å². The van der Waals surface area contributed by atoms with E-state index < -0.39 is 8.15 Å². The lowest BCUT2D eigenvalue weighted by atomic mass is 10.0. The maximum absolute atomic E-state index is 13.7. The number of hydrogen-bond acceptors (Lipinski definition) is 5. The Kier molecular flexibility index (Phi) is 9.77. The van der Waals surface area contributed by atoms with E-state index in [4.69, 9.17) is 18.7 Å². The van der Waals surface area contributed by atoms with Crippen LogP contribution >= 0.6 is 8.15 Å². The first-order chi connectivity index (χ1) is 14.4. The molecule has 0 heterocycles. The van der Waals surface area contributed by atoms with Crippen LogP contribution in [0.5, 0.6) is 11.5 Å². The first-order valence-corrected chi connectivity index (χ1v) is 11.7. The summed E-state index contributed by atoms with van der Waals surface area (Å²) in [6.07, 6.45) is 0. The molecule has 2 rings (SSSR count). The Bertz CT molecular complexity index is 826. The van der Waals surface area contributed by atoms with Gasteiger partial charge in [-0.15, -0.1) is 0 Å². The third-order valence-electron chi connectivity index (χ3n) is 4.49. The second-order valence-corrected chi connectivity index (χ2v) is 8.63. The molecule has 0 aromatic heterocycles. The van der Waals surface area contributed by atoms with E-state index in [1.165, 1.54) is 0 Å². The predicted molar refractivity (Wildman–Crippen MR) is 123 cm³/mol. The summed E-state index contributed by atoms with van der Waals surface area (Å²) >= 11 is 0. The van der Waals surface area contributed by atoms with Gasteiger partial charge >= 0.3 is 0 Å². The second kappa shape index (κ2) is 12.0. The Hall–Kier alpha value is -1.94. The van der Waals surface area contributed by atoms with Crippen LogP contribution in [0.3, 0.4) is 0 Å². The molecule has 0 fully saturated rings. The van der Waals surface area contributed by atoms with Gasteiger partial charge in [-0.3, -0.25) is 4.79 Å². The highest BCUT2D eigenvalue weighted by molar-refractivity contribution is 7.78. The van der Waals surface area contributed by atoms with E-state index in [1.807, 2.05) is 71.9 Å². The van der Waals surface area contributed by atoms with Crippen molar-refractivity contribution in [1.29, 1.82) is 0 Å². The van der Waals surface area contributed by atoms with Gasteiger partial charge in [0, 0.05) is 18.2 Å². The van der Waals surface area contributed by atoms with E-state index in [2.05, 4.69) is 0 Å². The molecule has 0 aliphatic rings. The lowest BCUT2D eigenvalue weighted by Gasteiger charge is -2.22. The van der Waals surface area contributed by atoms with Crippen LogP contribution in [0.25, 0.3) is 0 Å². The maximum atomic E-state index is 13.7. The number of rotatable bonds is 12. The smallest absolute Gasteiger partial charge is 0.216 e. The highest BCUT2D eigenvalue weighted by atomic mass is 31.1. The van der Waals surface area contributed by atoms with Gasteiger partial charge in [-0.25, -0.2) is 0 Å². The summed E-state index contributed by atoms with van der Waals surface area (Å²) in [5.74, 6) is 1.34. The van der Waals surface area contributed by atoms with Crippen molar-refractivity contribution in [2.45, 2.75) is 41.5 Å². The molecular weight excluding hydrogens is 399 g/mol. The lowest BCUT2D eigenvalue weighted by molar-refractivity contribution is 0.102. The van der Waals surface area contributed by atoms with Gasteiger partial charge in [-0.1, -0.05) is 17.7 Å². The molecule has 2 aromatic rings. The molecule has 0 aliphatic carbocycles. The van der Waals surface area contributed by atoms with Gasteiger partial charge in [0.05, 0.1) is 31.7 Å². The van der Waals surface area contributed by atoms with Crippen LogP contribution in [-0.2, 0) is 9.26 Å². The first-order valence-electron chi connectivity index (χ1n) is 10.4. The topological polar surface area (TPSA) is 54.0 Å². The van der Waals surface area contributed by atoms with Crippen molar-refractivity contribution >= 4 is 19.0 Å². The fourth-order valence-electron chi connectivity index (χ4n) is 3.38. The van der Waals surface area contributed by atoms with Crippen molar-refractivity contribution in [3.8, 4) is 11.5 Å². The minimum Gasteiger partial charge on any atom is -0.494 e. The summed E-state index contributed by atoms with van der Waals surface area (Å²) in [4.78, 5) is 13.7. The molecule has 0 saturated carbocycles. The monoisotopic (exact) mass is 432 g/mol. The Morgan fingerprint density at radius 3 is 2.13 bits per heavy atom. The van der Waals surface area contributed by atoms with E-state index >= 15 is 0 Å². The summed E-state index contributed by atoms with van der Waals surface area (Å²) in [6.45, 7) is 14.2. The molecule has 6 heteroatoms. The molecule has 5 nitrogen and oxygen atoms in total. The minimum absolute atomic E-state index is 0.0124. The Morgan fingerprint density at radius 1 is 0.867 bits per heavy atom. The molecule has 0 amide bonds. The quantitative estimate of drug-likeness (QED) is 0.335. The highest BCUT2D eigenvalue weighted by Crippen LogP contribution is 2.44. The molecular formula is C24H33O5P. The zero-order valence-electron chi connectivity index (χ0n) is 18.9. The van der Waals surface area contributed by atoms with Crippen molar-refractivity contribution in [3.05, 3.63) is 52.6 Å². The third-order valence-corrected chi connectivity index (χ3v) is 6.33. The van der Waals surface area contributed by atoms with Crippen LogP contribution in [0.4, 0.5) is 0 Å². The van der Waals surface area contributed by atoms with Gasteiger partial charge < -0.3 is 18.7 Å². The molecule has 0 spiro atoms. The fraction of sp³-hybridized carbons (Fsp3) is 0.458. The summed E-state index contributed by atoms with van der Waals surface area (Å²) in [5.41, 5.74) is 3.77. The van der Waals surface area contributed by atoms with Gasteiger partial charge in [-0.2, -0.15) is 0 Å². The Labute approximate surface area is 181 Å². The largest absolute Gasteiger partial charge is 0.494 e. The third kappa shape index (κ3) is 6.28. The second-order valence-electron chi connectivity index (χ2n) is 6.90. The Morgan fingerprint density at radius 2 is 1.53 bits per heavy atom. The van der Waals surface area contributed by atoms with Crippen LogP contribution in [0, 0.1) is 20.8 Å². The molecule has 1 unspecified atom stereocenters. The van der Waals surface area contributed by atoms with Crippen LogP contribution in [-0.4, -0.2) is 38.6 Å². The number of carbonyl (C=O) groups is 1. The number of carbonyl (C=O) groups excluding carboxylic acids is 1. The van der Waals surface area contributed by atoms with Crippen molar-refractivity contribution in [3.63, 3.8) is 0 Å². The SMILES string of the molecule is CCOCCOP(C(=O)c1c(C)cc(C)cc1C)c1ccc(OCC)cc1OCC. The molecule has 2 aromatic carbocycles. The molecule has 164 valence electrons. The first kappa shape index (κ1) is 24.3. The van der Waals surface area contributed by atoms with Gasteiger partial charge in [0.1, 0.15) is 19.6 Å². The standard InChI is InChI=1S/C24H33O5P/c1-7-26-12-13-29-30(24(25)23-18(5)14-17(4)15-19(23)6)22-11-10-20(27-8-2)16-21(22)28-9-3/h10-11,14-16H,7-9,12-13H2,1-6H3. The molecule has 30 heavy (non-hydrogen) atoms. The van der Waals surface area contributed by atoms with Crippen LogP contribution < -0.4 is 14.8 Å².